The van der Waals surface area contributed by atoms with Gasteiger partial charge < -0.3 is 10.6 Å². The molecule has 1 aromatic rings. The molecule has 2 atom stereocenters. The van der Waals surface area contributed by atoms with E-state index in [-0.39, 0.29) is 24.4 Å². The number of nitrogens with zero attached hydrogens (tertiary/aromatic N) is 1. The van der Waals surface area contributed by atoms with Crippen molar-refractivity contribution >= 4 is 5.91 Å². The van der Waals surface area contributed by atoms with Gasteiger partial charge in [-0.1, -0.05) is 12.5 Å². The SMILES string of the molecule is CN(Cc1ccc(F)c(F)c1)C(=O)C1CCCC(N)C1. The first kappa shape index (κ1) is 14.9. The summed E-state index contributed by atoms with van der Waals surface area (Å²) in [5, 5.41) is 0. The lowest BCUT2D eigenvalue weighted by molar-refractivity contribution is -0.135. The van der Waals surface area contributed by atoms with Crippen LogP contribution in [-0.4, -0.2) is 23.9 Å². The van der Waals surface area contributed by atoms with Crippen molar-refractivity contribution in [2.45, 2.75) is 38.3 Å². The van der Waals surface area contributed by atoms with Gasteiger partial charge in [-0.2, -0.15) is 0 Å². The first-order chi connectivity index (χ1) is 9.47. The molecule has 2 rings (SSSR count). The van der Waals surface area contributed by atoms with E-state index in [2.05, 4.69) is 0 Å². The van der Waals surface area contributed by atoms with Crippen LogP contribution < -0.4 is 5.73 Å². The zero-order valence-electron chi connectivity index (χ0n) is 11.6. The maximum Gasteiger partial charge on any atom is 0.225 e. The predicted molar refractivity (Wildman–Crippen MR) is 72.8 cm³/mol. The summed E-state index contributed by atoms with van der Waals surface area (Å²) < 4.78 is 26.0. The number of hydrogen-bond donors (Lipinski definition) is 1. The lowest BCUT2D eigenvalue weighted by Crippen LogP contribution is -2.38. The van der Waals surface area contributed by atoms with Crippen molar-refractivity contribution in [2.75, 3.05) is 7.05 Å². The van der Waals surface area contributed by atoms with Crippen molar-refractivity contribution < 1.29 is 13.6 Å². The average Bonchev–Trinajstić information content (AvgIpc) is 2.42. The predicted octanol–water partition coefficient (Wildman–Crippen LogP) is 2.44. The molecule has 0 radical (unpaired) electrons. The summed E-state index contributed by atoms with van der Waals surface area (Å²) in [4.78, 5) is 13.9. The van der Waals surface area contributed by atoms with Crippen LogP contribution in [0.15, 0.2) is 18.2 Å². The van der Waals surface area contributed by atoms with E-state index >= 15 is 0 Å². The van der Waals surface area contributed by atoms with Gasteiger partial charge in [0.25, 0.3) is 0 Å². The standard InChI is InChI=1S/C15H20F2N2O/c1-19(9-10-5-6-13(16)14(17)7-10)15(20)11-3-2-4-12(18)8-11/h5-7,11-12H,2-4,8-9,18H2,1H3. The minimum absolute atomic E-state index is 0.0323. The second kappa shape index (κ2) is 6.31. The Balaban J connectivity index is 1.98. The summed E-state index contributed by atoms with van der Waals surface area (Å²) in [5.74, 6) is -1.78. The molecule has 20 heavy (non-hydrogen) atoms. The lowest BCUT2D eigenvalue weighted by atomic mass is 9.85. The summed E-state index contributed by atoms with van der Waals surface area (Å²) in [6, 6.07) is 3.80. The van der Waals surface area contributed by atoms with Crippen LogP contribution in [0.2, 0.25) is 0 Å². The van der Waals surface area contributed by atoms with Gasteiger partial charge in [0.2, 0.25) is 5.91 Å². The van der Waals surface area contributed by atoms with Crippen LogP contribution in [0.4, 0.5) is 8.78 Å². The van der Waals surface area contributed by atoms with Gasteiger partial charge in [0, 0.05) is 25.6 Å². The summed E-state index contributed by atoms with van der Waals surface area (Å²) in [6.07, 6.45) is 3.50. The maximum atomic E-state index is 13.1. The van der Waals surface area contributed by atoms with Gasteiger partial charge in [-0.05, 0) is 37.0 Å². The molecular formula is C15H20F2N2O. The number of hydrogen-bond acceptors (Lipinski definition) is 2. The van der Waals surface area contributed by atoms with Crippen molar-refractivity contribution in [3.8, 4) is 0 Å². The first-order valence-electron chi connectivity index (χ1n) is 6.92. The molecule has 0 saturated heterocycles. The Hall–Kier alpha value is -1.49. The molecule has 1 amide bonds. The molecule has 1 aliphatic carbocycles. The van der Waals surface area contributed by atoms with Crippen LogP contribution >= 0.6 is 0 Å². The Labute approximate surface area is 117 Å². The molecule has 110 valence electrons. The Bertz CT molecular complexity index is 493. The van der Waals surface area contributed by atoms with Crippen molar-refractivity contribution in [3.05, 3.63) is 35.4 Å². The van der Waals surface area contributed by atoms with Gasteiger partial charge >= 0.3 is 0 Å². The van der Waals surface area contributed by atoms with Crippen molar-refractivity contribution in [1.82, 2.24) is 4.90 Å². The van der Waals surface area contributed by atoms with E-state index in [0.29, 0.717) is 12.0 Å². The minimum Gasteiger partial charge on any atom is -0.341 e. The van der Waals surface area contributed by atoms with Gasteiger partial charge in [0.05, 0.1) is 0 Å². The summed E-state index contributed by atoms with van der Waals surface area (Å²) in [7, 11) is 1.68. The van der Waals surface area contributed by atoms with E-state index < -0.39 is 11.6 Å². The molecule has 2 unspecified atom stereocenters. The fourth-order valence-corrected chi connectivity index (χ4v) is 2.75. The van der Waals surface area contributed by atoms with Crippen LogP contribution in [-0.2, 0) is 11.3 Å². The average molecular weight is 282 g/mol. The van der Waals surface area contributed by atoms with Crippen molar-refractivity contribution in [3.63, 3.8) is 0 Å². The highest BCUT2D eigenvalue weighted by Gasteiger charge is 2.27. The molecule has 2 N–H and O–H groups in total. The van der Waals surface area contributed by atoms with E-state index in [9.17, 15) is 13.6 Å². The summed E-state index contributed by atoms with van der Waals surface area (Å²) in [6.45, 7) is 0.280. The maximum absolute atomic E-state index is 13.1. The zero-order chi connectivity index (χ0) is 14.7. The third-order valence-corrected chi connectivity index (χ3v) is 3.84. The quantitative estimate of drug-likeness (QED) is 0.925. The van der Waals surface area contributed by atoms with E-state index in [1.165, 1.54) is 6.07 Å². The Morgan fingerprint density at radius 1 is 1.35 bits per heavy atom. The topological polar surface area (TPSA) is 46.3 Å². The second-order valence-corrected chi connectivity index (χ2v) is 5.57. The van der Waals surface area contributed by atoms with E-state index in [1.54, 1.807) is 11.9 Å². The highest BCUT2D eigenvalue weighted by atomic mass is 19.2. The fraction of sp³-hybridized carbons (Fsp3) is 0.533. The van der Waals surface area contributed by atoms with Crippen LogP contribution in [0, 0.1) is 17.6 Å². The molecular weight excluding hydrogens is 262 g/mol. The van der Waals surface area contributed by atoms with Crippen LogP contribution in [0.25, 0.3) is 0 Å². The van der Waals surface area contributed by atoms with Crippen LogP contribution in [0.1, 0.15) is 31.2 Å². The third-order valence-electron chi connectivity index (χ3n) is 3.84. The highest BCUT2D eigenvalue weighted by molar-refractivity contribution is 5.78. The van der Waals surface area contributed by atoms with E-state index in [4.69, 9.17) is 5.73 Å². The van der Waals surface area contributed by atoms with Gasteiger partial charge in [0.15, 0.2) is 11.6 Å². The summed E-state index contributed by atoms with van der Waals surface area (Å²) >= 11 is 0. The number of carbonyl (C=O) groups is 1. The van der Waals surface area contributed by atoms with E-state index in [0.717, 1.165) is 31.4 Å². The van der Waals surface area contributed by atoms with Gasteiger partial charge in [0.1, 0.15) is 0 Å². The molecule has 1 fully saturated rings. The second-order valence-electron chi connectivity index (χ2n) is 5.57. The van der Waals surface area contributed by atoms with Crippen molar-refractivity contribution in [2.24, 2.45) is 11.7 Å². The molecule has 0 heterocycles. The lowest BCUT2D eigenvalue weighted by Gasteiger charge is -2.29. The molecule has 1 aliphatic rings. The van der Waals surface area contributed by atoms with Crippen LogP contribution in [0.3, 0.4) is 0 Å². The molecule has 1 aromatic carbocycles. The third kappa shape index (κ3) is 3.54. The number of amides is 1. The van der Waals surface area contributed by atoms with Gasteiger partial charge in [-0.3, -0.25) is 4.79 Å². The van der Waals surface area contributed by atoms with Gasteiger partial charge in [-0.25, -0.2) is 8.78 Å². The number of nitrogens with two attached hydrogens (primary N) is 1. The number of rotatable bonds is 3. The fourth-order valence-electron chi connectivity index (χ4n) is 2.75. The molecule has 1 saturated carbocycles. The molecule has 0 aromatic heterocycles. The highest BCUT2D eigenvalue weighted by Crippen LogP contribution is 2.25. The van der Waals surface area contributed by atoms with Gasteiger partial charge in [-0.15, -0.1) is 0 Å². The van der Waals surface area contributed by atoms with E-state index in [1.807, 2.05) is 0 Å². The normalized spacial score (nSPS) is 22.6. The number of carbonyl (C=O) groups excluding carboxylic acids is 1. The molecule has 5 heteroatoms. The first-order valence-corrected chi connectivity index (χ1v) is 6.92. The van der Waals surface area contributed by atoms with Crippen LogP contribution in [0.5, 0.6) is 0 Å². The minimum atomic E-state index is -0.886. The Morgan fingerprint density at radius 2 is 2.10 bits per heavy atom. The number of benzene rings is 1. The Kier molecular flexibility index (Phi) is 4.70. The molecule has 0 bridgehead atoms. The zero-order valence-corrected chi connectivity index (χ0v) is 11.6. The molecule has 0 spiro atoms. The largest absolute Gasteiger partial charge is 0.341 e. The number of halogens is 2. The smallest absolute Gasteiger partial charge is 0.225 e. The van der Waals surface area contributed by atoms with Crippen molar-refractivity contribution in [1.29, 1.82) is 0 Å². The molecule has 0 aliphatic heterocycles. The monoisotopic (exact) mass is 282 g/mol. The molecule has 3 nitrogen and oxygen atoms in total. The summed E-state index contributed by atoms with van der Waals surface area (Å²) in [5.41, 5.74) is 6.47. The Morgan fingerprint density at radius 3 is 2.75 bits per heavy atom.